The second-order valence-corrected chi connectivity index (χ2v) is 15.0. The molecule has 0 aliphatic carbocycles. The Kier molecular flexibility index (Phi) is 7.58. The lowest BCUT2D eigenvalue weighted by molar-refractivity contribution is 0.447. The molecule has 1 unspecified atom stereocenters. The van der Waals surface area contributed by atoms with Crippen molar-refractivity contribution in [3.63, 3.8) is 0 Å². The minimum absolute atomic E-state index is 0.713. The zero-order valence-corrected chi connectivity index (χ0v) is 31.5. The van der Waals surface area contributed by atoms with Crippen LogP contribution in [0.15, 0.2) is 211 Å². The molecule has 0 amide bonds. The molecule has 2 aromatic heterocycles. The SMILES string of the molecule is CC1(c2cccc(-n3c4ccccc4c4cc(-c5ccc6c(c5)c5ccccc5n6-c5ccccc5)ccc43)c2)N=C(c2ccccc2)C=C(c2ccccc2)N1. The standard InChI is InChI=1S/C53H38N4/c1-53(54-47(36-16-5-2-6-17-36)35-48(55-53)37-18-7-3-8-19-37)40-20-15-23-42(34-40)57-50-27-14-12-25-44(50)46-33-39(29-31-52(46)57)38-28-30-51-45(32-38)43-24-11-13-26-49(43)56(51)41-21-9-4-10-22-41/h2-35,54H,1H3. The second-order valence-electron chi connectivity index (χ2n) is 15.0. The lowest BCUT2D eigenvalue weighted by atomic mass is 9.95. The maximum Gasteiger partial charge on any atom is 0.153 e. The lowest BCUT2D eigenvalue weighted by Crippen LogP contribution is -2.40. The smallest absolute Gasteiger partial charge is 0.153 e. The van der Waals surface area contributed by atoms with Crippen LogP contribution in [0.2, 0.25) is 0 Å². The summed E-state index contributed by atoms with van der Waals surface area (Å²) in [5.74, 6) is 0. The van der Waals surface area contributed by atoms with Gasteiger partial charge in [-0.15, -0.1) is 0 Å². The normalized spacial score (nSPS) is 15.5. The third-order valence-corrected chi connectivity index (χ3v) is 11.5. The van der Waals surface area contributed by atoms with Crippen molar-refractivity contribution < 1.29 is 0 Å². The van der Waals surface area contributed by atoms with Crippen molar-refractivity contribution >= 4 is 55.0 Å². The third-order valence-electron chi connectivity index (χ3n) is 11.5. The Morgan fingerprint density at radius 3 is 1.51 bits per heavy atom. The van der Waals surface area contributed by atoms with E-state index in [4.69, 9.17) is 4.99 Å². The molecule has 0 radical (unpaired) electrons. The Morgan fingerprint density at radius 1 is 0.404 bits per heavy atom. The van der Waals surface area contributed by atoms with E-state index in [-0.39, 0.29) is 0 Å². The molecule has 0 bridgehead atoms. The molecule has 1 aliphatic heterocycles. The van der Waals surface area contributed by atoms with Gasteiger partial charge in [0, 0.05) is 44.2 Å². The van der Waals surface area contributed by atoms with E-state index < -0.39 is 5.66 Å². The highest BCUT2D eigenvalue weighted by Crippen LogP contribution is 2.39. The van der Waals surface area contributed by atoms with Gasteiger partial charge in [0.25, 0.3) is 0 Å². The average Bonchev–Trinajstić information content (AvgIpc) is 3.79. The molecule has 1 aliphatic rings. The van der Waals surface area contributed by atoms with Gasteiger partial charge in [-0.05, 0) is 95.9 Å². The van der Waals surface area contributed by atoms with Crippen LogP contribution in [0.3, 0.4) is 0 Å². The van der Waals surface area contributed by atoms with Crippen molar-refractivity contribution in [1.29, 1.82) is 0 Å². The number of aliphatic imine (C=N–C) groups is 1. The van der Waals surface area contributed by atoms with Gasteiger partial charge in [0.05, 0.1) is 27.8 Å². The molecule has 0 fully saturated rings. The number of rotatable bonds is 6. The molecule has 0 saturated carbocycles. The molecular weight excluding hydrogens is 693 g/mol. The molecule has 270 valence electrons. The van der Waals surface area contributed by atoms with Crippen LogP contribution in [0.1, 0.15) is 23.6 Å². The highest BCUT2D eigenvalue weighted by atomic mass is 15.2. The number of para-hydroxylation sites is 3. The first kappa shape index (κ1) is 33.0. The summed E-state index contributed by atoms with van der Waals surface area (Å²) in [7, 11) is 0. The summed E-state index contributed by atoms with van der Waals surface area (Å²) in [4.78, 5) is 5.40. The zero-order chi connectivity index (χ0) is 37.9. The van der Waals surface area contributed by atoms with Crippen LogP contribution in [0.5, 0.6) is 0 Å². The Morgan fingerprint density at radius 2 is 0.895 bits per heavy atom. The molecule has 8 aromatic carbocycles. The molecule has 11 rings (SSSR count). The minimum atomic E-state index is -0.713. The Bertz CT molecular complexity index is 3210. The van der Waals surface area contributed by atoms with Gasteiger partial charge in [0.2, 0.25) is 0 Å². The highest BCUT2D eigenvalue weighted by molar-refractivity contribution is 6.14. The number of hydrogen-bond donors (Lipinski definition) is 1. The molecule has 0 spiro atoms. The minimum Gasteiger partial charge on any atom is -0.357 e. The first-order valence-electron chi connectivity index (χ1n) is 19.6. The topological polar surface area (TPSA) is 34.2 Å². The summed E-state index contributed by atoms with van der Waals surface area (Å²) in [5.41, 5.74) is 14.0. The largest absolute Gasteiger partial charge is 0.357 e. The van der Waals surface area contributed by atoms with Crippen molar-refractivity contribution in [2.24, 2.45) is 4.99 Å². The summed E-state index contributed by atoms with van der Waals surface area (Å²) in [5, 5.41) is 8.78. The first-order chi connectivity index (χ1) is 28.1. The zero-order valence-electron chi connectivity index (χ0n) is 31.5. The Hall–Kier alpha value is -7.43. The van der Waals surface area contributed by atoms with Gasteiger partial charge in [0.1, 0.15) is 0 Å². The number of fused-ring (bicyclic) bond motifs is 6. The lowest BCUT2D eigenvalue weighted by Gasteiger charge is -2.34. The molecule has 4 nitrogen and oxygen atoms in total. The van der Waals surface area contributed by atoms with Gasteiger partial charge in [-0.3, -0.25) is 4.99 Å². The van der Waals surface area contributed by atoms with Crippen LogP contribution in [-0.4, -0.2) is 14.8 Å². The van der Waals surface area contributed by atoms with Crippen molar-refractivity contribution in [3.8, 4) is 22.5 Å². The van der Waals surface area contributed by atoms with Crippen LogP contribution < -0.4 is 5.32 Å². The van der Waals surface area contributed by atoms with Gasteiger partial charge in [0.15, 0.2) is 5.66 Å². The van der Waals surface area contributed by atoms with E-state index in [1.165, 1.54) is 60.4 Å². The predicted molar refractivity (Wildman–Crippen MR) is 238 cm³/mol. The summed E-state index contributed by atoms with van der Waals surface area (Å²) in [6.07, 6.45) is 2.17. The second kappa shape index (κ2) is 13.1. The van der Waals surface area contributed by atoms with Gasteiger partial charge in [-0.1, -0.05) is 140 Å². The van der Waals surface area contributed by atoms with E-state index >= 15 is 0 Å². The maximum absolute atomic E-state index is 5.40. The Labute approximate surface area is 331 Å². The summed E-state index contributed by atoms with van der Waals surface area (Å²) in [6.45, 7) is 2.18. The van der Waals surface area contributed by atoms with Gasteiger partial charge < -0.3 is 14.5 Å². The number of aromatic nitrogens is 2. The van der Waals surface area contributed by atoms with Crippen LogP contribution in [-0.2, 0) is 5.66 Å². The predicted octanol–water partition coefficient (Wildman–Crippen LogP) is 12.9. The van der Waals surface area contributed by atoms with E-state index in [0.29, 0.717) is 0 Å². The number of hydrogen-bond acceptors (Lipinski definition) is 2. The van der Waals surface area contributed by atoms with Crippen molar-refractivity contribution in [1.82, 2.24) is 14.5 Å². The number of nitrogens with zero attached hydrogens (tertiary/aromatic N) is 3. The number of nitrogens with one attached hydrogen (secondary N) is 1. The molecule has 10 aromatic rings. The Balaban J connectivity index is 1.03. The average molecular weight is 731 g/mol. The molecule has 3 heterocycles. The van der Waals surface area contributed by atoms with E-state index in [1.807, 2.05) is 0 Å². The van der Waals surface area contributed by atoms with Crippen LogP contribution in [0, 0.1) is 0 Å². The fourth-order valence-corrected chi connectivity index (χ4v) is 8.79. The number of benzene rings is 8. The molecule has 57 heavy (non-hydrogen) atoms. The van der Waals surface area contributed by atoms with Gasteiger partial charge in [-0.25, -0.2) is 0 Å². The summed E-state index contributed by atoms with van der Waals surface area (Å²) in [6, 6.07) is 71.8. The van der Waals surface area contributed by atoms with Crippen LogP contribution in [0.4, 0.5) is 0 Å². The molecule has 1 atom stereocenters. The van der Waals surface area contributed by atoms with E-state index in [2.05, 4.69) is 228 Å². The maximum atomic E-state index is 5.40. The van der Waals surface area contributed by atoms with Crippen LogP contribution in [0.25, 0.3) is 71.8 Å². The van der Waals surface area contributed by atoms with Crippen molar-refractivity contribution in [2.45, 2.75) is 12.6 Å². The summed E-state index contributed by atoms with van der Waals surface area (Å²) < 4.78 is 4.77. The monoisotopic (exact) mass is 730 g/mol. The van der Waals surface area contributed by atoms with Gasteiger partial charge in [-0.2, -0.15) is 0 Å². The van der Waals surface area contributed by atoms with Crippen LogP contribution >= 0.6 is 0 Å². The fraction of sp³-hybridized carbons (Fsp3) is 0.0377. The molecule has 4 heteroatoms. The first-order valence-corrected chi connectivity index (χ1v) is 19.6. The van der Waals surface area contributed by atoms with E-state index in [0.717, 1.165) is 33.8 Å². The van der Waals surface area contributed by atoms with E-state index in [1.54, 1.807) is 0 Å². The highest BCUT2D eigenvalue weighted by Gasteiger charge is 2.31. The van der Waals surface area contributed by atoms with E-state index in [9.17, 15) is 0 Å². The quantitative estimate of drug-likeness (QED) is 0.182. The molecule has 0 saturated heterocycles. The number of allylic oxidation sites excluding steroid dienone is 1. The molecule has 1 N–H and O–H groups in total. The third kappa shape index (κ3) is 5.49. The van der Waals surface area contributed by atoms with Crippen molar-refractivity contribution in [3.05, 3.63) is 223 Å². The van der Waals surface area contributed by atoms with Crippen molar-refractivity contribution in [2.75, 3.05) is 0 Å². The van der Waals surface area contributed by atoms with Gasteiger partial charge >= 0.3 is 0 Å². The summed E-state index contributed by atoms with van der Waals surface area (Å²) >= 11 is 0. The molecular formula is C53H38N4. The fourth-order valence-electron chi connectivity index (χ4n) is 8.79.